The monoisotopic (exact) mass is 542 g/mol. The third kappa shape index (κ3) is 5.54. The van der Waals surface area contributed by atoms with E-state index in [-0.39, 0.29) is 18.4 Å². The number of H-pyrrole nitrogens is 1. The van der Waals surface area contributed by atoms with Crippen LogP contribution in [-0.2, 0) is 4.79 Å². The molecule has 0 spiro atoms. The predicted octanol–water partition coefficient (Wildman–Crippen LogP) is 6.39. The molecule has 7 heteroatoms. The smallest absolute Gasteiger partial charge is 0.258 e. The number of piperidine rings is 1. The van der Waals surface area contributed by atoms with Crippen LogP contribution in [0.4, 0.5) is 5.69 Å². The largest absolute Gasteiger partial charge is 0.360 e. The highest BCUT2D eigenvalue weighted by atomic mass is 35.5. The maximum absolute atomic E-state index is 13.9. The lowest BCUT2D eigenvalue weighted by Crippen LogP contribution is -2.45. The summed E-state index contributed by atoms with van der Waals surface area (Å²) in [6.07, 6.45) is 9.34. The number of rotatable bonds is 7. The highest BCUT2D eigenvalue weighted by Gasteiger charge is 2.28. The van der Waals surface area contributed by atoms with Crippen LogP contribution in [0, 0.1) is 5.92 Å². The summed E-state index contributed by atoms with van der Waals surface area (Å²) in [6, 6.07) is 20.0. The van der Waals surface area contributed by atoms with Crippen molar-refractivity contribution < 1.29 is 9.59 Å². The van der Waals surface area contributed by atoms with E-state index < -0.39 is 0 Å². The van der Waals surface area contributed by atoms with E-state index in [1.165, 1.54) is 25.7 Å². The zero-order valence-electron chi connectivity index (χ0n) is 22.2. The van der Waals surface area contributed by atoms with E-state index >= 15 is 0 Å². The molecule has 6 nitrogen and oxygen atoms in total. The van der Waals surface area contributed by atoms with Gasteiger partial charge < -0.3 is 15.2 Å². The van der Waals surface area contributed by atoms with Gasteiger partial charge in [-0.3, -0.25) is 14.5 Å². The average Bonchev–Trinajstić information content (AvgIpc) is 3.65. The van der Waals surface area contributed by atoms with Gasteiger partial charge in [-0.2, -0.15) is 0 Å². The van der Waals surface area contributed by atoms with E-state index in [0.717, 1.165) is 59.3 Å². The first-order valence-corrected chi connectivity index (χ1v) is 14.5. The molecule has 1 aromatic heterocycles. The summed E-state index contributed by atoms with van der Waals surface area (Å²) in [4.78, 5) is 34.6. The molecule has 202 valence electrons. The summed E-state index contributed by atoms with van der Waals surface area (Å²) in [5.41, 5.74) is 2.01. The van der Waals surface area contributed by atoms with Crippen molar-refractivity contribution in [1.82, 2.24) is 15.2 Å². The number of hydrogen-bond acceptors (Lipinski definition) is 3. The van der Waals surface area contributed by atoms with Crippen LogP contribution in [0.2, 0.25) is 5.02 Å². The van der Waals surface area contributed by atoms with Gasteiger partial charge in [-0.25, -0.2) is 0 Å². The van der Waals surface area contributed by atoms with Gasteiger partial charge in [0.15, 0.2) is 0 Å². The summed E-state index contributed by atoms with van der Waals surface area (Å²) < 4.78 is 0. The Morgan fingerprint density at radius 2 is 1.72 bits per heavy atom. The maximum Gasteiger partial charge on any atom is 0.258 e. The lowest BCUT2D eigenvalue weighted by molar-refractivity contribution is -0.120. The number of anilines is 1. The third-order valence-corrected chi connectivity index (χ3v) is 8.87. The van der Waals surface area contributed by atoms with Crippen LogP contribution >= 0.6 is 11.6 Å². The number of amides is 2. The fourth-order valence-electron chi connectivity index (χ4n) is 6.34. The van der Waals surface area contributed by atoms with Gasteiger partial charge in [0.25, 0.3) is 5.91 Å². The molecule has 39 heavy (non-hydrogen) atoms. The molecule has 4 aromatic rings. The van der Waals surface area contributed by atoms with Crippen LogP contribution in [0.1, 0.15) is 48.9 Å². The van der Waals surface area contributed by atoms with E-state index in [4.69, 9.17) is 11.6 Å². The van der Waals surface area contributed by atoms with E-state index in [9.17, 15) is 9.59 Å². The Kier molecular flexibility index (Phi) is 7.58. The van der Waals surface area contributed by atoms with Crippen molar-refractivity contribution in [2.45, 2.75) is 44.6 Å². The molecule has 1 saturated heterocycles. The highest BCUT2D eigenvalue weighted by Crippen LogP contribution is 2.30. The number of nitrogens with one attached hydrogen (secondary N) is 2. The van der Waals surface area contributed by atoms with Gasteiger partial charge in [-0.15, -0.1) is 0 Å². The Labute approximate surface area is 234 Å². The van der Waals surface area contributed by atoms with E-state index in [2.05, 4.69) is 15.2 Å². The van der Waals surface area contributed by atoms with Crippen molar-refractivity contribution >= 4 is 50.8 Å². The van der Waals surface area contributed by atoms with Crippen LogP contribution in [0.5, 0.6) is 0 Å². The van der Waals surface area contributed by atoms with Crippen molar-refractivity contribution in [3.05, 3.63) is 77.4 Å². The number of fused-ring (bicyclic) bond motifs is 2. The first kappa shape index (κ1) is 25.9. The molecule has 0 unspecified atom stereocenters. The third-order valence-electron chi connectivity index (χ3n) is 8.56. The summed E-state index contributed by atoms with van der Waals surface area (Å²) >= 11 is 6.25. The molecule has 1 saturated carbocycles. The number of aromatic nitrogens is 1. The van der Waals surface area contributed by atoms with Crippen molar-refractivity contribution in [3.8, 4) is 0 Å². The SMILES string of the molecule is O=C(CN(C(=O)c1ccc2c(Cl)c[nH]c2c1)c1cccc2ccccc12)NCC1CCN(C2CCCC2)CC1. The number of likely N-dealkylation sites (tertiary alicyclic amines) is 1. The lowest BCUT2D eigenvalue weighted by Gasteiger charge is -2.36. The minimum Gasteiger partial charge on any atom is -0.360 e. The van der Waals surface area contributed by atoms with Gasteiger partial charge >= 0.3 is 0 Å². The molecule has 0 atom stereocenters. The van der Waals surface area contributed by atoms with Crippen LogP contribution in [0.3, 0.4) is 0 Å². The van der Waals surface area contributed by atoms with Gasteiger partial charge in [-0.1, -0.05) is 66.9 Å². The molecule has 2 aliphatic rings. The zero-order chi connectivity index (χ0) is 26.8. The number of benzene rings is 3. The molecular formula is C32H35ClN4O2. The topological polar surface area (TPSA) is 68.4 Å². The van der Waals surface area contributed by atoms with Crippen LogP contribution in [0.25, 0.3) is 21.7 Å². The number of carbonyl (C=O) groups excluding carboxylic acids is 2. The molecule has 2 heterocycles. The van der Waals surface area contributed by atoms with Crippen molar-refractivity contribution in [1.29, 1.82) is 0 Å². The fourth-order valence-corrected chi connectivity index (χ4v) is 6.56. The van der Waals surface area contributed by atoms with Gasteiger partial charge in [0.2, 0.25) is 5.91 Å². The van der Waals surface area contributed by atoms with Crippen LogP contribution < -0.4 is 10.2 Å². The summed E-state index contributed by atoms with van der Waals surface area (Å²) in [5, 5.41) is 6.58. The van der Waals surface area contributed by atoms with Gasteiger partial charge in [0.1, 0.15) is 6.54 Å². The lowest BCUT2D eigenvalue weighted by atomic mass is 9.95. The number of hydrogen-bond donors (Lipinski definition) is 2. The molecule has 2 fully saturated rings. The summed E-state index contributed by atoms with van der Waals surface area (Å²) in [7, 11) is 0. The molecule has 1 aliphatic heterocycles. The molecule has 1 aliphatic carbocycles. The summed E-state index contributed by atoms with van der Waals surface area (Å²) in [5.74, 6) is 0.117. The van der Waals surface area contributed by atoms with Crippen LogP contribution in [0.15, 0.2) is 66.9 Å². The fraction of sp³-hybridized carbons (Fsp3) is 0.375. The molecule has 2 amide bonds. The number of halogens is 1. The van der Waals surface area contributed by atoms with Gasteiger partial charge in [0, 0.05) is 40.6 Å². The number of carbonyl (C=O) groups is 2. The summed E-state index contributed by atoms with van der Waals surface area (Å²) in [6.45, 7) is 2.85. The number of aromatic amines is 1. The van der Waals surface area contributed by atoms with Gasteiger partial charge in [0.05, 0.1) is 10.7 Å². The average molecular weight is 543 g/mol. The Hall–Kier alpha value is -3.35. The van der Waals surface area contributed by atoms with E-state index in [1.54, 1.807) is 23.2 Å². The quantitative estimate of drug-likeness (QED) is 0.284. The normalized spacial score (nSPS) is 17.2. The Morgan fingerprint density at radius 1 is 0.949 bits per heavy atom. The standard InChI is InChI=1S/C32H35ClN4O2/c33-28-20-34-29-18-24(12-13-27(28)29)32(39)37(30-11-5-7-23-6-1-4-10-26(23)30)21-31(38)35-19-22-14-16-36(17-15-22)25-8-2-3-9-25/h1,4-7,10-13,18,20,22,25,34H,2-3,8-9,14-17,19,21H2,(H,35,38). The first-order chi connectivity index (χ1) is 19.1. The number of nitrogens with zero attached hydrogens (tertiary/aromatic N) is 2. The second-order valence-corrected chi connectivity index (χ2v) is 11.4. The second-order valence-electron chi connectivity index (χ2n) is 11.0. The van der Waals surface area contributed by atoms with E-state index in [1.807, 2.05) is 48.5 Å². The van der Waals surface area contributed by atoms with Crippen molar-refractivity contribution in [2.75, 3.05) is 31.1 Å². The zero-order valence-corrected chi connectivity index (χ0v) is 22.9. The molecule has 0 bridgehead atoms. The Bertz CT molecular complexity index is 1480. The molecule has 6 rings (SSSR count). The van der Waals surface area contributed by atoms with Crippen LogP contribution in [-0.4, -0.2) is 53.9 Å². The molecular weight excluding hydrogens is 508 g/mol. The highest BCUT2D eigenvalue weighted by molar-refractivity contribution is 6.35. The van der Waals surface area contributed by atoms with Crippen molar-refractivity contribution in [3.63, 3.8) is 0 Å². The van der Waals surface area contributed by atoms with E-state index in [0.29, 0.717) is 23.0 Å². The minimum absolute atomic E-state index is 0.0444. The Morgan fingerprint density at radius 3 is 2.54 bits per heavy atom. The van der Waals surface area contributed by atoms with Gasteiger partial charge in [-0.05, 0) is 68.3 Å². The molecule has 0 radical (unpaired) electrons. The first-order valence-electron chi connectivity index (χ1n) is 14.1. The second kappa shape index (κ2) is 11.4. The van der Waals surface area contributed by atoms with Crippen molar-refractivity contribution in [2.24, 2.45) is 5.92 Å². The maximum atomic E-state index is 13.9. The minimum atomic E-state index is -0.223. The predicted molar refractivity (Wildman–Crippen MR) is 158 cm³/mol. The molecule has 2 N–H and O–H groups in total. The Balaban J connectivity index is 1.18. The molecule has 3 aromatic carbocycles.